The number of ether oxygens (including phenoxy) is 4. The maximum absolute atomic E-state index is 12.0. The molecule has 2 saturated heterocycles. The number of hydrogen-bond acceptors (Lipinski definition) is 7. The Balaban J connectivity index is 1.30. The summed E-state index contributed by atoms with van der Waals surface area (Å²) in [4.78, 5) is 38.5. The molecule has 1 unspecified atom stereocenters. The third-order valence-electron chi connectivity index (χ3n) is 5.28. The largest absolute Gasteiger partial charge is 0.379 e. The zero-order valence-electron chi connectivity index (χ0n) is 18.3. The number of amides is 3. The first-order valence-electron chi connectivity index (χ1n) is 10.9. The summed E-state index contributed by atoms with van der Waals surface area (Å²) >= 11 is 0. The van der Waals surface area contributed by atoms with Gasteiger partial charge in [-0.15, -0.1) is 0 Å². The average Bonchev–Trinajstić information content (AvgIpc) is 3.25. The lowest BCUT2D eigenvalue weighted by molar-refractivity contribution is -0.140. The lowest BCUT2D eigenvalue weighted by Gasteiger charge is -2.15. The minimum Gasteiger partial charge on any atom is -0.379 e. The van der Waals surface area contributed by atoms with Gasteiger partial charge in [-0.3, -0.25) is 19.3 Å². The van der Waals surface area contributed by atoms with E-state index in [9.17, 15) is 14.4 Å². The Morgan fingerprint density at radius 2 is 1.47 bits per heavy atom. The molecule has 0 saturated carbocycles. The van der Waals surface area contributed by atoms with Crippen molar-refractivity contribution in [3.8, 4) is 0 Å². The van der Waals surface area contributed by atoms with E-state index in [1.807, 2.05) is 4.90 Å². The van der Waals surface area contributed by atoms with E-state index in [1.54, 1.807) is 6.92 Å². The molecular formula is C21H36N2O7. The first-order valence-corrected chi connectivity index (χ1v) is 10.9. The Hall–Kier alpha value is -1.55. The molecule has 0 N–H and O–H groups in total. The zero-order chi connectivity index (χ0) is 21.8. The van der Waals surface area contributed by atoms with Crippen molar-refractivity contribution in [3.05, 3.63) is 0 Å². The van der Waals surface area contributed by atoms with Crippen molar-refractivity contribution in [1.29, 1.82) is 0 Å². The Morgan fingerprint density at radius 3 is 1.97 bits per heavy atom. The maximum Gasteiger partial charge on any atom is 0.232 e. The van der Waals surface area contributed by atoms with Crippen molar-refractivity contribution in [3.63, 3.8) is 0 Å². The molecule has 0 radical (unpaired) electrons. The summed E-state index contributed by atoms with van der Waals surface area (Å²) < 4.78 is 21.7. The standard InChI is InChI=1S/C21H36N2O7/c1-17-3-5-22(16-17)19(24)4-7-27-9-11-29-13-14-30-12-10-28-8-6-23-20(25)15-18(2)21(23)26/h17-18H,3-16H2,1-2H3/t17?,18-/m0/s1. The van der Waals surface area contributed by atoms with E-state index in [0.717, 1.165) is 19.5 Å². The Morgan fingerprint density at radius 1 is 0.900 bits per heavy atom. The van der Waals surface area contributed by atoms with Crippen LogP contribution in [0.2, 0.25) is 0 Å². The number of carbonyl (C=O) groups excluding carboxylic acids is 3. The van der Waals surface area contributed by atoms with Crippen molar-refractivity contribution in [2.24, 2.45) is 11.8 Å². The molecule has 0 aromatic carbocycles. The first kappa shape index (κ1) is 24.7. The molecule has 2 atom stereocenters. The van der Waals surface area contributed by atoms with Crippen LogP contribution >= 0.6 is 0 Å². The quantitative estimate of drug-likeness (QED) is 0.280. The van der Waals surface area contributed by atoms with Crippen LogP contribution in [0.4, 0.5) is 0 Å². The van der Waals surface area contributed by atoms with Gasteiger partial charge in [0.25, 0.3) is 0 Å². The lowest BCUT2D eigenvalue weighted by atomic mass is 10.1. The second kappa shape index (κ2) is 13.7. The summed E-state index contributed by atoms with van der Waals surface area (Å²) in [5, 5.41) is 0. The molecule has 2 fully saturated rings. The summed E-state index contributed by atoms with van der Waals surface area (Å²) in [5.74, 6) is 0.319. The SMILES string of the molecule is CC1CCN(C(=O)CCOCCOCCOCCOCCN2C(=O)C[C@H](C)C2=O)C1. The third kappa shape index (κ3) is 8.67. The Labute approximate surface area is 178 Å². The van der Waals surface area contributed by atoms with E-state index in [1.165, 1.54) is 4.90 Å². The van der Waals surface area contributed by atoms with Crippen molar-refractivity contribution < 1.29 is 33.3 Å². The number of rotatable bonds is 15. The molecular weight excluding hydrogens is 392 g/mol. The molecule has 2 rings (SSSR count). The predicted molar refractivity (Wildman–Crippen MR) is 109 cm³/mol. The number of imide groups is 1. The van der Waals surface area contributed by atoms with Crippen LogP contribution in [-0.4, -0.2) is 100 Å². The summed E-state index contributed by atoms with van der Waals surface area (Å²) in [6, 6.07) is 0. The van der Waals surface area contributed by atoms with Gasteiger partial charge in [-0.2, -0.15) is 0 Å². The minimum absolute atomic E-state index is 0.117. The molecule has 0 aromatic rings. The second-order valence-electron chi connectivity index (χ2n) is 7.92. The fourth-order valence-corrected chi connectivity index (χ4v) is 3.48. The number of nitrogens with zero attached hydrogens (tertiary/aromatic N) is 2. The highest BCUT2D eigenvalue weighted by Crippen LogP contribution is 2.18. The molecule has 3 amide bonds. The van der Waals surface area contributed by atoms with E-state index in [4.69, 9.17) is 18.9 Å². The van der Waals surface area contributed by atoms with Gasteiger partial charge in [0, 0.05) is 25.4 Å². The topological polar surface area (TPSA) is 94.6 Å². The summed E-state index contributed by atoms with van der Waals surface area (Å²) in [6.07, 6.45) is 1.81. The van der Waals surface area contributed by atoms with Crippen LogP contribution in [0.15, 0.2) is 0 Å². The van der Waals surface area contributed by atoms with E-state index < -0.39 is 0 Å². The molecule has 2 aliphatic heterocycles. The molecule has 0 aromatic heterocycles. The zero-order valence-corrected chi connectivity index (χ0v) is 18.3. The number of hydrogen-bond donors (Lipinski definition) is 0. The fourth-order valence-electron chi connectivity index (χ4n) is 3.48. The molecule has 9 nitrogen and oxygen atoms in total. The van der Waals surface area contributed by atoms with E-state index in [2.05, 4.69) is 6.92 Å². The van der Waals surface area contributed by atoms with Crippen molar-refractivity contribution >= 4 is 17.7 Å². The molecule has 9 heteroatoms. The highest BCUT2D eigenvalue weighted by molar-refractivity contribution is 6.03. The van der Waals surface area contributed by atoms with Gasteiger partial charge in [0.15, 0.2) is 0 Å². The fraction of sp³-hybridized carbons (Fsp3) is 0.857. The van der Waals surface area contributed by atoms with Crippen LogP contribution in [0.25, 0.3) is 0 Å². The Bertz CT molecular complexity index is 557. The number of likely N-dealkylation sites (tertiary alicyclic amines) is 2. The van der Waals surface area contributed by atoms with Crippen LogP contribution in [0.3, 0.4) is 0 Å². The number of carbonyl (C=O) groups is 3. The predicted octanol–water partition coefficient (Wildman–Crippen LogP) is 0.706. The van der Waals surface area contributed by atoms with Gasteiger partial charge in [-0.1, -0.05) is 13.8 Å². The molecule has 0 bridgehead atoms. The van der Waals surface area contributed by atoms with Gasteiger partial charge in [0.2, 0.25) is 17.7 Å². The summed E-state index contributed by atoms with van der Waals surface area (Å²) in [6.45, 7) is 9.37. The van der Waals surface area contributed by atoms with Gasteiger partial charge in [-0.25, -0.2) is 0 Å². The van der Waals surface area contributed by atoms with Crippen molar-refractivity contribution in [1.82, 2.24) is 9.80 Å². The highest BCUT2D eigenvalue weighted by atomic mass is 16.6. The van der Waals surface area contributed by atoms with Crippen LogP contribution in [0.1, 0.15) is 33.1 Å². The van der Waals surface area contributed by atoms with E-state index in [-0.39, 0.29) is 23.6 Å². The molecule has 2 heterocycles. The summed E-state index contributed by atoms with van der Waals surface area (Å²) in [7, 11) is 0. The van der Waals surface area contributed by atoms with Crippen LogP contribution in [-0.2, 0) is 33.3 Å². The van der Waals surface area contributed by atoms with Crippen LogP contribution in [0.5, 0.6) is 0 Å². The summed E-state index contributed by atoms with van der Waals surface area (Å²) in [5.41, 5.74) is 0. The van der Waals surface area contributed by atoms with Gasteiger partial charge in [0.1, 0.15) is 0 Å². The molecule has 0 aliphatic carbocycles. The monoisotopic (exact) mass is 428 g/mol. The third-order valence-corrected chi connectivity index (χ3v) is 5.28. The van der Waals surface area contributed by atoms with Crippen LogP contribution < -0.4 is 0 Å². The van der Waals surface area contributed by atoms with Gasteiger partial charge >= 0.3 is 0 Å². The van der Waals surface area contributed by atoms with E-state index in [0.29, 0.717) is 78.2 Å². The van der Waals surface area contributed by atoms with Gasteiger partial charge < -0.3 is 23.8 Å². The van der Waals surface area contributed by atoms with Gasteiger partial charge in [-0.05, 0) is 12.3 Å². The maximum atomic E-state index is 12.0. The first-order chi connectivity index (χ1) is 14.5. The smallest absolute Gasteiger partial charge is 0.232 e. The Kier molecular flexibility index (Phi) is 11.3. The van der Waals surface area contributed by atoms with Crippen molar-refractivity contribution in [2.75, 3.05) is 72.5 Å². The second-order valence-corrected chi connectivity index (χ2v) is 7.92. The minimum atomic E-state index is -0.215. The van der Waals surface area contributed by atoms with Crippen LogP contribution in [0, 0.1) is 11.8 Å². The van der Waals surface area contributed by atoms with Crippen molar-refractivity contribution in [2.45, 2.75) is 33.1 Å². The van der Waals surface area contributed by atoms with Gasteiger partial charge in [0.05, 0.1) is 65.8 Å². The highest BCUT2D eigenvalue weighted by Gasteiger charge is 2.34. The normalized spacial score (nSPS) is 21.8. The molecule has 172 valence electrons. The molecule has 2 aliphatic rings. The molecule has 30 heavy (non-hydrogen) atoms. The average molecular weight is 429 g/mol. The molecule has 0 spiro atoms. The van der Waals surface area contributed by atoms with E-state index >= 15 is 0 Å². The lowest BCUT2D eigenvalue weighted by Crippen LogP contribution is -2.33.